The van der Waals surface area contributed by atoms with E-state index in [1.54, 1.807) is 0 Å². The molecule has 5 N–H and O–H groups in total. The average molecular weight is 450 g/mol. The average Bonchev–Trinajstić information content (AvgIpc) is 2.85. The molecule has 0 radical (unpaired) electrons. The third-order valence-electron chi connectivity index (χ3n) is 3.49. The lowest BCUT2D eigenvalue weighted by Crippen LogP contribution is -2.14. The maximum Gasteiger partial charge on any atom is 0.296 e. The number of aromatic nitrogens is 2. The molecule has 8 nitrogen and oxygen atoms in total. The third kappa shape index (κ3) is 4.07. The van der Waals surface area contributed by atoms with Gasteiger partial charge in [-0.3, -0.25) is 14.4 Å². The number of aromatic amines is 1. The highest BCUT2D eigenvalue weighted by molar-refractivity contribution is 7.86. The van der Waals surface area contributed by atoms with Gasteiger partial charge in [0.05, 0.1) is 15.7 Å². The minimum atomic E-state index is -4.43. The number of benzene rings is 2. The summed E-state index contributed by atoms with van der Waals surface area (Å²) in [5.74, 6) is 0.265. The van der Waals surface area contributed by atoms with Crippen molar-refractivity contribution in [3.8, 4) is 5.69 Å². The molecule has 0 saturated heterocycles. The second-order valence-corrected chi connectivity index (χ2v) is 8.05. The zero-order valence-corrected chi connectivity index (χ0v) is 16.3. The number of nitrogen functional groups attached to an aromatic ring is 1. The summed E-state index contributed by atoms with van der Waals surface area (Å²) >= 11 is 18.1. The number of hydrogen-bond acceptors (Lipinski definition) is 5. The summed E-state index contributed by atoms with van der Waals surface area (Å²) < 4.78 is 32.6. The van der Waals surface area contributed by atoms with Crippen molar-refractivity contribution in [3.05, 3.63) is 61.8 Å². The molecule has 0 atom stereocenters. The van der Waals surface area contributed by atoms with Crippen LogP contribution in [0.2, 0.25) is 15.1 Å². The minimum Gasteiger partial charge on any atom is -0.398 e. The molecule has 0 aliphatic heterocycles. The topological polar surface area (TPSA) is 130 Å². The van der Waals surface area contributed by atoms with Gasteiger partial charge in [0.1, 0.15) is 16.4 Å². The molecule has 0 unspecified atom stereocenters. The van der Waals surface area contributed by atoms with E-state index in [2.05, 4.69) is 10.4 Å². The molecule has 27 heavy (non-hydrogen) atoms. The fraction of sp³-hybridized carbons (Fsp3) is 0. The fourth-order valence-electron chi connectivity index (χ4n) is 2.39. The zero-order valence-electron chi connectivity index (χ0n) is 13.2. The zero-order chi connectivity index (χ0) is 19.9. The van der Waals surface area contributed by atoms with Crippen LogP contribution in [-0.2, 0) is 10.1 Å². The largest absolute Gasteiger partial charge is 0.398 e. The molecule has 0 aliphatic carbocycles. The highest BCUT2D eigenvalue weighted by atomic mass is 35.5. The van der Waals surface area contributed by atoms with Crippen molar-refractivity contribution in [2.45, 2.75) is 4.90 Å². The molecule has 0 bridgehead atoms. The van der Waals surface area contributed by atoms with Gasteiger partial charge in [0.25, 0.3) is 15.7 Å². The van der Waals surface area contributed by atoms with Crippen molar-refractivity contribution in [3.63, 3.8) is 0 Å². The standard InChI is InChI=1S/C15H11Cl3N4O4S/c16-7-3-9(17)15(10(18)4-7)22-14(23)6-13(21-22)20-8-1-2-12(11(19)5-8)27(24,25)26/h1-6,20-21H,19H2,(H,24,25,26). The van der Waals surface area contributed by atoms with Gasteiger partial charge in [-0.15, -0.1) is 0 Å². The van der Waals surface area contributed by atoms with E-state index >= 15 is 0 Å². The van der Waals surface area contributed by atoms with Crippen molar-refractivity contribution in [1.29, 1.82) is 0 Å². The number of nitrogens with zero attached hydrogens (tertiary/aromatic N) is 1. The van der Waals surface area contributed by atoms with Gasteiger partial charge in [-0.25, -0.2) is 4.68 Å². The normalized spacial score (nSPS) is 11.6. The van der Waals surface area contributed by atoms with Gasteiger partial charge in [0.15, 0.2) is 0 Å². The molecule has 12 heteroatoms. The monoisotopic (exact) mass is 448 g/mol. The summed E-state index contributed by atoms with van der Waals surface area (Å²) in [7, 11) is -4.43. The van der Waals surface area contributed by atoms with Crippen LogP contribution in [0.1, 0.15) is 0 Å². The predicted octanol–water partition coefficient (Wildman–Crippen LogP) is 3.70. The molecule has 3 aromatic rings. The SMILES string of the molecule is Nc1cc(Nc2cc(=O)n(-c3c(Cl)cc(Cl)cc3Cl)[nH]2)ccc1S(=O)(=O)O. The van der Waals surface area contributed by atoms with Crippen LogP contribution in [-0.4, -0.2) is 22.8 Å². The first-order valence-electron chi connectivity index (χ1n) is 7.17. The summed E-state index contributed by atoms with van der Waals surface area (Å²) in [5, 5.41) is 6.31. The molecule has 0 fully saturated rings. The molecular weight excluding hydrogens is 439 g/mol. The summed E-state index contributed by atoms with van der Waals surface area (Å²) in [6.07, 6.45) is 0. The molecule has 3 rings (SSSR count). The highest BCUT2D eigenvalue weighted by Gasteiger charge is 2.16. The van der Waals surface area contributed by atoms with E-state index in [4.69, 9.17) is 45.1 Å². The fourth-order valence-corrected chi connectivity index (χ4v) is 3.97. The molecule has 2 aromatic carbocycles. The summed E-state index contributed by atoms with van der Waals surface area (Å²) in [4.78, 5) is 11.9. The first-order valence-corrected chi connectivity index (χ1v) is 9.74. The molecule has 0 amide bonds. The Morgan fingerprint density at radius 3 is 2.26 bits per heavy atom. The summed E-state index contributed by atoms with van der Waals surface area (Å²) in [6.45, 7) is 0. The van der Waals surface area contributed by atoms with Crippen LogP contribution < -0.4 is 16.6 Å². The van der Waals surface area contributed by atoms with Gasteiger partial charge in [-0.2, -0.15) is 8.42 Å². The lowest BCUT2D eigenvalue weighted by Gasteiger charge is -2.09. The van der Waals surface area contributed by atoms with E-state index in [1.807, 2.05) is 0 Å². The van der Waals surface area contributed by atoms with Crippen molar-refractivity contribution < 1.29 is 13.0 Å². The number of nitrogens with two attached hydrogens (primary N) is 1. The Morgan fingerprint density at radius 2 is 1.70 bits per heavy atom. The quantitative estimate of drug-likeness (QED) is 0.355. The van der Waals surface area contributed by atoms with Gasteiger partial charge >= 0.3 is 0 Å². The van der Waals surface area contributed by atoms with Gasteiger partial charge in [0.2, 0.25) is 0 Å². The number of halogens is 3. The van der Waals surface area contributed by atoms with E-state index in [9.17, 15) is 13.2 Å². The van der Waals surface area contributed by atoms with Crippen LogP contribution in [0, 0.1) is 0 Å². The van der Waals surface area contributed by atoms with E-state index in [1.165, 1.54) is 30.3 Å². The first kappa shape index (κ1) is 19.6. The summed E-state index contributed by atoms with van der Waals surface area (Å²) in [6, 6.07) is 7.93. The van der Waals surface area contributed by atoms with E-state index in [0.717, 1.165) is 10.7 Å². The second-order valence-electron chi connectivity index (χ2n) is 5.41. The van der Waals surface area contributed by atoms with Crippen LogP contribution in [0.25, 0.3) is 5.69 Å². The van der Waals surface area contributed by atoms with Crippen molar-refractivity contribution in [2.24, 2.45) is 0 Å². The third-order valence-corrected chi connectivity index (χ3v) is 5.21. The Morgan fingerprint density at radius 1 is 1.07 bits per heavy atom. The van der Waals surface area contributed by atoms with E-state index in [0.29, 0.717) is 10.7 Å². The van der Waals surface area contributed by atoms with Gasteiger partial charge in [-0.1, -0.05) is 34.8 Å². The number of H-pyrrole nitrogens is 1. The van der Waals surface area contributed by atoms with Crippen molar-refractivity contribution >= 4 is 62.1 Å². The van der Waals surface area contributed by atoms with Crippen molar-refractivity contribution in [1.82, 2.24) is 9.78 Å². The predicted molar refractivity (Wildman–Crippen MR) is 105 cm³/mol. The van der Waals surface area contributed by atoms with Gasteiger partial charge in [-0.05, 0) is 30.3 Å². The van der Waals surface area contributed by atoms with Crippen LogP contribution in [0.4, 0.5) is 17.2 Å². The Hall–Kier alpha value is -2.17. The number of rotatable bonds is 4. The molecule has 0 spiro atoms. The van der Waals surface area contributed by atoms with Crippen LogP contribution in [0.3, 0.4) is 0 Å². The first-order chi connectivity index (χ1) is 12.6. The Bertz CT molecular complexity index is 1180. The van der Waals surface area contributed by atoms with Crippen LogP contribution >= 0.6 is 34.8 Å². The molecule has 0 saturated carbocycles. The van der Waals surface area contributed by atoms with E-state index < -0.39 is 20.6 Å². The Labute approximate surface area is 168 Å². The molecule has 0 aliphatic rings. The molecule has 142 valence electrons. The maximum atomic E-state index is 12.3. The Kier molecular flexibility index (Phi) is 5.15. The molecular formula is C15H11Cl3N4O4S. The van der Waals surface area contributed by atoms with Crippen LogP contribution in [0.15, 0.2) is 46.1 Å². The second kappa shape index (κ2) is 7.10. The Balaban J connectivity index is 1.97. The van der Waals surface area contributed by atoms with E-state index in [-0.39, 0.29) is 27.2 Å². The number of nitrogens with one attached hydrogen (secondary N) is 2. The lowest BCUT2D eigenvalue weighted by atomic mass is 10.3. The van der Waals surface area contributed by atoms with Gasteiger partial charge in [0, 0.05) is 16.8 Å². The smallest absolute Gasteiger partial charge is 0.296 e. The van der Waals surface area contributed by atoms with Crippen LogP contribution in [0.5, 0.6) is 0 Å². The number of hydrogen-bond donors (Lipinski definition) is 4. The molecule has 1 heterocycles. The number of anilines is 3. The lowest BCUT2D eigenvalue weighted by molar-refractivity contribution is 0.483. The highest BCUT2D eigenvalue weighted by Crippen LogP contribution is 2.31. The maximum absolute atomic E-state index is 12.3. The van der Waals surface area contributed by atoms with Crippen molar-refractivity contribution in [2.75, 3.05) is 11.1 Å². The molecule has 1 aromatic heterocycles. The minimum absolute atomic E-state index is 0.159. The summed E-state index contributed by atoms with van der Waals surface area (Å²) in [5.41, 5.74) is 5.63. The van der Waals surface area contributed by atoms with Gasteiger partial charge < -0.3 is 11.1 Å².